The van der Waals surface area contributed by atoms with Gasteiger partial charge in [0.1, 0.15) is 23.5 Å². The Hall–Kier alpha value is -4.40. The molecule has 7 nitrogen and oxygen atoms in total. The number of imidazole rings is 1. The van der Waals surface area contributed by atoms with Crippen LogP contribution in [0.3, 0.4) is 0 Å². The molecule has 0 fully saturated rings. The van der Waals surface area contributed by atoms with Gasteiger partial charge >= 0.3 is 0 Å². The molecular formula is C23H16F2N6O. The Balaban J connectivity index is 1.65. The summed E-state index contributed by atoms with van der Waals surface area (Å²) in [6.45, 7) is 1.38. The van der Waals surface area contributed by atoms with Crippen molar-refractivity contribution in [1.82, 2.24) is 24.3 Å². The van der Waals surface area contributed by atoms with Crippen molar-refractivity contribution in [2.45, 2.75) is 6.92 Å². The molecule has 5 aromatic rings. The Bertz CT molecular complexity index is 1460. The smallest absolute Gasteiger partial charge is 0.221 e. The third-order valence-corrected chi connectivity index (χ3v) is 4.90. The Morgan fingerprint density at radius 3 is 2.66 bits per heavy atom. The molecule has 3 heterocycles. The van der Waals surface area contributed by atoms with Crippen molar-refractivity contribution in [3.8, 4) is 22.5 Å². The van der Waals surface area contributed by atoms with Gasteiger partial charge in [-0.15, -0.1) is 0 Å². The summed E-state index contributed by atoms with van der Waals surface area (Å²) < 4.78 is 31.3. The quantitative estimate of drug-likeness (QED) is 0.455. The van der Waals surface area contributed by atoms with Crippen LogP contribution in [-0.4, -0.2) is 30.2 Å². The monoisotopic (exact) mass is 430 g/mol. The number of halogens is 2. The average Bonchev–Trinajstić information content (AvgIpc) is 3.42. The van der Waals surface area contributed by atoms with Crippen LogP contribution in [0.4, 0.5) is 14.5 Å². The van der Waals surface area contributed by atoms with Gasteiger partial charge in [-0.2, -0.15) is 5.10 Å². The summed E-state index contributed by atoms with van der Waals surface area (Å²) in [6.07, 6.45) is 6.75. The number of benzene rings is 2. The Morgan fingerprint density at radius 2 is 1.91 bits per heavy atom. The number of nitrogens with zero attached hydrogens (tertiary/aromatic N) is 5. The third-order valence-electron chi connectivity index (χ3n) is 4.90. The maximum absolute atomic E-state index is 14.5. The zero-order valence-corrected chi connectivity index (χ0v) is 16.8. The van der Waals surface area contributed by atoms with Crippen LogP contribution in [0.1, 0.15) is 6.92 Å². The van der Waals surface area contributed by atoms with Gasteiger partial charge in [0.25, 0.3) is 0 Å². The second kappa shape index (κ2) is 7.69. The van der Waals surface area contributed by atoms with E-state index in [1.54, 1.807) is 52.4 Å². The number of nitrogens with one attached hydrogen (secondary N) is 1. The minimum absolute atomic E-state index is 0.207. The Kier molecular flexibility index (Phi) is 4.70. The van der Waals surface area contributed by atoms with E-state index in [2.05, 4.69) is 20.4 Å². The van der Waals surface area contributed by atoms with Crippen LogP contribution >= 0.6 is 0 Å². The minimum Gasteiger partial charge on any atom is -0.326 e. The fourth-order valence-corrected chi connectivity index (χ4v) is 3.53. The predicted octanol–water partition coefficient (Wildman–Crippen LogP) is 4.51. The first-order valence-electron chi connectivity index (χ1n) is 9.69. The zero-order chi connectivity index (χ0) is 22.2. The molecule has 2 aromatic carbocycles. The second-order valence-electron chi connectivity index (χ2n) is 7.18. The number of hydrogen-bond donors (Lipinski definition) is 1. The topological polar surface area (TPSA) is 77.6 Å². The fourth-order valence-electron chi connectivity index (χ4n) is 3.53. The van der Waals surface area contributed by atoms with Crippen LogP contribution in [-0.2, 0) is 4.79 Å². The van der Waals surface area contributed by atoms with E-state index < -0.39 is 11.6 Å². The lowest BCUT2D eigenvalue weighted by atomic mass is 10.0. The van der Waals surface area contributed by atoms with Crippen LogP contribution < -0.4 is 5.32 Å². The van der Waals surface area contributed by atoms with Crippen molar-refractivity contribution in [3.05, 3.63) is 85.1 Å². The second-order valence-corrected chi connectivity index (χ2v) is 7.18. The molecule has 0 unspecified atom stereocenters. The molecule has 0 spiro atoms. The van der Waals surface area contributed by atoms with Crippen molar-refractivity contribution in [2.75, 3.05) is 5.32 Å². The SMILES string of the molecule is CC(=O)Nc1cc(-c2ccc(F)cc2F)cc(-n2cnc3cc(-n4cccn4)cnc32)c1. The van der Waals surface area contributed by atoms with Crippen molar-refractivity contribution >= 4 is 22.8 Å². The zero-order valence-electron chi connectivity index (χ0n) is 16.8. The summed E-state index contributed by atoms with van der Waals surface area (Å²) >= 11 is 0. The van der Waals surface area contributed by atoms with Gasteiger partial charge in [0.2, 0.25) is 5.91 Å². The molecule has 32 heavy (non-hydrogen) atoms. The molecule has 0 saturated carbocycles. The highest BCUT2D eigenvalue weighted by Crippen LogP contribution is 2.30. The van der Waals surface area contributed by atoms with Crippen LogP contribution in [0.15, 0.2) is 73.4 Å². The van der Waals surface area contributed by atoms with E-state index in [4.69, 9.17) is 0 Å². The number of pyridine rings is 1. The van der Waals surface area contributed by atoms with E-state index in [-0.39, 0.29) is 11.5 Å². The molecule has 0 atom stereocenters. The lowest BCUT2D eigenvalue weighted by Gasteiger charge is -2.12. The molecule has 9 heteroatoms. The Morgan fingerprint density at radius 1 is 1.03 bits per heavy atom. The number of aromatic nitrogens is 5. The molecule has 158 valence electrons. The highest BCUT2D eigenvalue weighted by Gasteiger charge is 2.13. The number of fused-ring (bicyclic) bond motifs is 1. The number of anilines is 1. The van der Waals surface area contributed by atoms with Gasteiger partial charge in [-0.1, -0.05) is 0 Å². The summed E-state index contributed by atoms with van der Waals surface area (Å²) in [5.41, 5.74) is 3.72. The standard InChI is InChI=1S/C23H16F2N6O/c1-14(32)29-17-7-15(20-4-3-16(24)9-21(20)25)8-18(10-17)30-13-27-22-11-19(12-26-23(22)30)31-6-2-5-28-31/h2-13H,1H3,(H,29,32). The lowest BCUT2D eigenvalue weighted by Crippen LogP contribution is -2.07. The first kappa shape index (κ1) is 19.6. The number of carbonyl (C=O) groups excluding carboxylic acids is 1. The summed E-state index contributed by atoms with van der Waals surface area (Å²) in [4.78, 5) is 20.6. The molecule has 0 aliphatic carbocycles. The van der Waals surface area contributed by atoms with Gasteiger partial charge in [0.05, 0.1) is 17.6 Å². The molecule has 5 rings (SSSR count). The van der Waals surface area contributed by atoms with E-state index in [0.717, 1.165) is 11.8 Å². The molecule has 0 radical (unpaired) electrons. The fraction of sp³-hybridized carbons (Fsp3) is 0.0435. The van der Waals surface area contributed by atoms with E-state index in [9.17, 15) is 13.6 Å². The predicted molar refractivity (Wildman–Crippen MR) is 116 cm³/mol. The first-order valence-corrected chi connectivity index (χ1v) is 9.69. The summed E-state index contributed by atoms with van der Waals surface area (Å²) in [5, 5.41) is 6.92. The van der Waals surface area contributed by atoms with Crippen LogP contribution in [0.2, 0.25) is 0 Å². The average molecular weight is 430 g/mol. The Labute approximate surface area is 181 Å². The summed E-state index contributed by atoms with van der Waals surface area (Å²) in [5.74, 6) is -1.64. The van der Waals surface area contributed by atoms with Crippen molar-refractivity contribution in [3.63, 3.8) is 0 Å². The number of rotatable bonds is 4. The van der Waals surface area contributed by atoms with E-state index in [1.807, 2.05) is 12.1 Å². The molecule has 0 bridgehead atoms. The van der Waals surface area contributed by atoms with Gasteiger partial charge < -0.3 is 5.32 Å². The molecule has 0 aliphatic heterocycles. The highest BCUT2D eigenvalue weighted by atomic mass is 19.1. The molecule has 0 aliphatic rings. The van der Waals surface area contributed by atoms with Gasteiger partial charge in [-0.05, 0) is 48.0 Å². The first-order chi connectivity index (χ1) is 15.5. The molecule has 1 amide bonds. The number of hydrogen-bond acceptors (Lipinski definition) is 4. The van der Waals surface area contributed by atoms with Crippen molar-refractivity contribution in [1.29, 1.82) is 0 Å². The van der Waals surface area contributed by atoms with E-state index >= 15 is 0 Å². The van der Waals surface area contributed by atoms with Gasteiger partial charge in [0, 0.05) is 36.6 Å². The van der Waals surface area contributed by atoms with Gasteiger partial charge in [-0.3, -0.25) is 9.36 Å². The van der Waals surface area contributed by atoms with Crippen LogP contribution in [0.25, 0.3) is 33.7 Å². The normalized spacial score (nSPS) is 11.1. The molecule has 3 aromatic heterocycles. The minimum atomic E-state index is -0.701. The summed E-state index contributed by atoms with van der Waals surface area (Å²) in [7, 11) is 0. The number of amides is 1. The third kappa shape index (κ3) is 3.60. The summed E-state index contributed by atoms with van der Waals surface area (Å²) in [6, 6.07) is 12.1. The van der Waals surface area contributed by atoms with Gasteiger partial charge in [-0.25, -0.2) is 23.4 Å². The lowest BCUT2D eigenvalue weighted by molar-refractivity contribution is -0.114. The van der Waals surface area contributed by atoms with E-state index in [0.29, 0.717) is 28.1 Å². The van der Waals surface area contributed by atoms with Crippen molar-refractivity contribution < 1.29 is 13.6 Å². The molecule has 1 N–H and O–H groups in total. The maximum Gasteiger partial charge on any atom is 0.221 e. The van der Waals surface area contributed by atoms with E-state index in [1.165, 1.54) is 19.1 Å². The van der Waals surface area contributed by atoms with Crippen LogP contribution in [0.5, 0.6) is 0 Å². The van der Waals surface area contributed by atoms with Crippen LogP contribution in [0, 0.1) is 11.6 Å². The number of carbonyl (C=O) groups is 1. The van der Waals surface area contributed by atoms with Crippen molar-refractivity contribution in [2.24, 2.45) is 0 Å². The molecule has 0 saturated heterocycles. The maximum atomic E-state index is 14.5. The largest absolute Gasteiger partial charge is 0.326 e. The highest BCUT2D eigenvalue weighted by molar-refractivity contribution is 5.90. The van der Waals surface area contributed by atoms with Gasteiger partial charge in [0.15, 0.2) is 5.65 Å². The molecular weight excluding hydrogens is 414 g/mol.